The molecular weight excluding hydrogens is 328 g/mol. The van der Waals surface area contributed by atoms with Crippen LogP contribution in [0, 0.1) is 6.92 Å². The molecule has 1 aromatic heterocycles. The number of nitrogens with two attached hydrogens (primary N) is 1. The van der Waals surface area contributed by atoms with E-state index in [-0.39, 0.29) is 0 Å². The summed E-state index contributed by atoms with van der Waals surface area (Å²) in [5, 5.41) is 0. The van der Waals surface area contributed by atoms with Gasteiger partial charge in [0.15, 0.2) is 0 Å². The number of nitrogen functional groups attached to an aromatic ring is 1. The van der Waals surface area contributed by atoms with Gasteiger partial charge in [-0.15, -0.1) is 0 Å². The molecule has 6 nitrogen and oxygen atoms in total. The van der Waals surface area contributed by atoms with Gasteiger partial charge >= 0.3 is 0 Å². The van der Waals surface area contributed by atoms with Gasteiger partial charge in [0.05, 0.1) is 13.2 Å². The van der Waals surface area contributed by atoms with Crippen molar-refractivity contribution in [3.8, 4) is 17.0 Å². The predicted molar refractivity (Wildman–Crippen MR) is 106 cm³/mol. The lowest BCUT2D eigenvalue weighted by atomic mass is 10.0. The number of ether oxygens (including phenoxy) is 2. The highest BCUT2D eigenvalue weighted by molar-refractivity contribution is 5.74. The molecule has 3 rings (SSSR count). The van der Waals surface area contributed by atoms with Crippen LogP contribution in [-0.4, -0.2) is 63.4 Å². The van der Waals surface area contributed by atoms with E-state index in [0.29, 0.717) is 12.5 Å². The Hall–Kier alpha value is -2.31. The van der Waals surface area contributed by atoms with Crippen LogP contribution in [0.5, 0.6) is 5.88 Å². The molecule has 1 aromatic carbocycles. The van der Waals surface area contributed by atoms with Crippen molar-refractivity contribution in [2.45, 2.75) is 6.92 Å². The molecule has 1 fully saturated rings. The van der Waals surface area contributed by atoms with Crippen molar-refractivity contribution in [3.05, 3.63) is 35.9 Å². The lowest BCUT2D eigenvalue weighted by Crippen LogP contribution is -2.36. The average Bonchev–Trinajstić information content (AvgIpc) is 2.64. The van der Waals surface area contributed by atoms with E-state index in [0.717, 1.165) is 55.5 Å². The number of nitrogens with zero attached hydrogens (tertiary/aromatic N) is 3. The fourth-order valence-corrected chi connectivity index (χ4v) is 2.96. The summed E-state index contributed by atoms with van der Waals surface area (Å²) in [5.74, 6) is 1.57. The molecule has 0 aliphatic carbocycles. The molecule has 1 saturated heterocycles. The van der Waals surface area contributed by atoms with E-state index in [2.05, 4.69) is 22.8 Å². The third-order valence-corrected chi connectivity index (χ3v) is 4.48. The Balaban J connectivity index is 1.94. The van der Waals surface area contributed by atoms with Gasteiger partial charge in [0.2, 0.25) is 5.88 Å². The highest BCUT2D eigenvalue weighted by Gasteiger charge is 2.16. The molecule has 1 aliphatic rings. The number of hydrogen-bond acceptors (Lipinski definition) is 6. The lowest BCUT2D eigenvalue weighted by Gasteiger charge is -2.28. The molecule has 6 heteroatoms. The van der Waals surface area contributed by atoms with Crippen LogP contribution in [0.1, 0.15) is 5.56 Å². The fraction of sp³-hybridized carbons (Fsp3) is 0.450. The smallest absolute Gasteiger partial charge is 0.215 e. The summed E-state index contributed by atoms with van der Waals surface area (Å²) in [6, 6.07) is 10.1. The van der Waals surface area contributed by atoms with Crippen LogP contribution in [0.2, 0.25) is 0 Å². The van der Waals surface area contributed by atoms with E-state index in [4.69, 9.17) is 20.2 Å². The van der Waals surface area contributed by atoms with Crippen molar-refractivity contribution in [2.75, 3.05) is 64.2 Å². The first-order valence-electron chi connectivity index (χ1n) is 9.02. The number of aryl methyl sites for hydroxylation is 1. The number of likely N-dealkylation sites (N-methyl/N-ethyl adjacent to an activating group) is 1. The van der Waals surface area contributed by atoms with Gasteiger partial charge in [0.25, 0.3) is 0 Å². The second kappa shape index (κ2) is 8.38. The van der Waals surface area contributed by atoms with Crippen LogP contribution < -0.4 is 15.4 Å². The first-order valence-corrected chi connectivity index (χ1v) is 9.02. The molecule has 0 atom stereocenters. The van der Waals surface area contributed by atoms with E-state index in [1.54, 1.807) is 0 Å². The Kier molecular flexibility index (Phi) is 5.96. The molecule has 140 valence electrons. The molecule has 2 aromatic rings. The molecule has 26 heavy (non-hydrogen) atoms. The van der Waals surface area contributed by atoms with Gasteiger partial charge in [-0.1, -0.05) is 6.07 Å². The summed E-state index contributed by atoms with van der Waals surface area (Å²) in [5.41, 5.74) is 10.1. The van der Waals surface area contributed by atoms with Crippen LogP contribution in [0.25, 0.3) is 11.1 Å². The molecule has 0 unspecified atom stereocenters. The normalized spacial score (nSPS) is 14.7. The predicted octanol–water partition coefficient (Wildman–Crippen LogP) is 2.42. The number of benzene rings is 1. The van der Waals surface area contributed by atoms with Crippen LogP contribution in [-0.2, 0) is 4.74 Å². The number of rotatable bonds is 6. The number of pyridine rings is 1. The number of aromatic nitrogens is 1. The first-order chi connectivity index (χ1) is 12.5. The molecule has 2 heterocycles. The maximum atomic E-state index is 6.02. The topological polar surface area (TPSA) is 63.9 Å². The molecule has 0 spiro atoms. The molecule has 0 saturated carbocycles. The summed E-state index contributed by atoms with van der Waals surface area (Å²) in [4.78, 5) is 9.07. The molecule has 2 N–H and O–H groups in total. The maximum absolute atomic E-state index is 6.02. The standard InChI is InChI=1S/C20H28N4O2/c1-15-4-5-17(21)14-18(15)16-12-19(24-7-9-25-10-8-24)22-20(13-16)26-11-6-23(2)3/h4-5,12-14H,6-11,21H2,1-3H3. The zero-order chi connectivity index (χ0) is 18.5. The molecule has 1 aliphatic heterocycles. The molecular formula is C20H28N4O2. The zero-order valence-electron chi connectivity index (χ0n) is 15.9. The molecule has 0 bridgehead atoms. The second-order valence-corrected chi connectivity index (χ2v) is 6.88. The van der Waals surface area contributed by atoms with E-state index < -0.39 is 0 Å². The first kappa shape index (κ1) is 18.5. The second-order valence-electron chi connectivity index (χ2n) is 6.88. The number of morpholine rings is 1. The summed E-state index contributed by atoms with van der Waals surface area (Å²) in [6.07, 6.45) is 0. The SMILES string of the molecule is Cc1ccc(N)cc1-c1cc(OCCN(C)C)nc(N2CCOCC2)c1. The van der Waals surface area contributed by atoms with Gasteiger partial charge in [-0.3, -0.25) is 0 Å². The Labute approximate surface area is 155 Å². The third-order valence-electron chi connectivity index (χ3n) is 4.48. The summed E-state index contributed by atoms with van der Waals surface area (Å²) < 4.78 is 11.4. The van der Waals surface area contributed by atoms with Crippen LogP contribution in [0.3, 0.4) is 0 Å². The van der Waals surface area contributed by atoms with E-state index in [1.165, 1.54) is 5.56 Å². The minimum atomic E-state index is 0.599. The summed E-state index contributed by atoms with van der Waals surface area (Å²) in [7, 11) is 4.06. The number of hydrogen-bond donors (Lipinski definition) is 1. The van der Waals surface area contributed by atoms with E-state index in [9.17, 15) is 0 Å². The van der Waals surface area contributed by atoms with Crippen molar-refractivity contribution < 1.29 is 9.47 Å². The van der Waals surface area contributed by atoms with Crippen LogP contribution >= 0.6 is 0 Å². The highest BCUT2D eigenvalue weighted by atomic mass is 16.5. The summed E-state index contributed by atoms with van der Waals surface area (Å²) in [6.45, 7) is 6.65. The summed E-state index contributed by atoms with van der Waals surface area (Å²) >= 11 is 0. The molecule has 0 radical (unpaired) electrons. The van der Waals surface area contributed by atoms with Gasteiger partial charge in [-0.05, 0) is 55.9 Å². The Bertz CT molecular complexity index is 743. The minimum Gasteiger partial charge on any atom is -0.476 e. The third kappa shape index (κ3) is 4.65. The van der Waals surface area contributed by atoms with Crippen LogP contribution in [0.4, 0.5) is 11.5 Å². The fourth-order valence-electron chi connectivity index (χ4n) is 2.96. The maximum Gasteiger partial charge on any atom is 0.215 e. The quantitative estimate of drug-likeness (QED) is 0.802. The van der Waals surface area contributed by atoms with Gasteiger partial charge in [0.1, 0.15) is 12.4 Å². The van der Waals surface area contributed by atoms with Crippen molar-refractivity contribution in [3.63, 3.8) is 0 Å². The zero-order valence-corrected chi connectivity index (χ0v) is 15.9. The van der Waals surface area contributed by atoms with Gasteiger partial charge < -0.3 is 25.0 Å². The van der Waals surface area contributed by atoms with Gasteiger partial charge in [-0.2, -0.15) is 4.98 Å². The van der Waals surface area contributed by atoms with E-state index >= 15 is 0 Å². The minimum absolute atomic E-state index is 0.599. The van der Waals surface area contributed by atoms with Crippen LogP contribution in [0.15, 0.2) is 30.3 Å². The van der Waals surface area contributed by atoms with Crippen molar-refractivity contribution in [1.29, 1.82) is 0 Å². The monoisotopic (exact) mass is 356 g/mol. The van der Waals surface area contributed by atoms with Crippen molar-refractivity contribution >= 4 is 11.5 Å². The number of anilines is 2. The molecule has 0 amide bonds. The largest absolute Gasteiger partial charge is 0.476 e. The highest BCUT2D eigenvalue weighted by Crippen LogP contribution is 2.31. The van der Waals surface area contributed by atoms with Crippen molar-refractivity contribution in [2.24, 2.45) is 0 Å². The van der Waals surface area contributed by atoms with Gasteiger partial charge in [-0.25, -0.2) is 0 Å². The Morgan fingerprint density at radius 2 is 1.96 bits per heavy atom. The Morgan fingerprint density at radius 3 is 2.69 bits per heavy atom. The van der Waals surface area contributed by atoms with E-state index in [1.807, 2.05) is 38.4 Å². The van der Waals surface area contributed by atoms with Crippen molar-refractivity contribution in [1.82, 2.24) is 9.88 Å². The van der Waals surface area contributed by atoms with Gasteiger partial charge in [0, 0.05) is 31.4 Å². The Morgan fingerprint density at radius 1 is 1.19 bits per heavy atom. The average molecular weight is 356 g/mol. The lowest BCUT2D eigenvalue weighted by molar-refractivity contribution is 0.122.